The smallest absolute Gasteiger partial charge is 0.233 e. The number of aromatic nitrogens is 2. The van der Waals surface area contributed by atoms with Gasteiger partial charge in [0.1, 0.15) is 0 Å². The fourth-order valence-electron chi connectivity index (χ4n) is 4.30. The number of nitrogens with one attached hydrogen (secondary N) is 1. The second-order valence-corrected chi connectivity index (χ2v) is 6.81. The summed E-state index contributed by atoms with van der Waals surface area (Å²) in [5.41, 5.74) is 0. The molecule has 2 saturated carbocycles. The van der Waals surface area contributed by atoms with E-state index in [0.717, 1.165) is 36.6 Å². The van der Waals surface area contributed by atoms with Gasteiger partial charge in [-0.2, -0.15) is 0 Å². The first-order chi connectivity index (χ1) is 10.3. The third-order valence-corrected chi connectivity index (χ3v) is 5.50. The van der Waals surface area contributed by atoms with E-state index >= 15 is 0 Å². The summed E-state index contributed by atoms with van der Waals surface area (Å²) in [5.74, 6) is 4.06. The Labute approximate surface area is 128 Å². The number of fused-ring (bicyclic) bond motifs is 1. The summed E-state index contributed by atoms with van der Waals surface area (Å²) < 4.78 is 6.02. The van der Waals surface area contributed by atoms with Crippen LogP contribution in [0.2, 0.25) is 0 Å². The zero-order valence-electron chi connectivity index (χ0n) is 13.5. The predicted octanol–water partition coefficient (Wildman–Crippen LogP) is 4.20. The second-order valence-electron chi connectivity index (χ2n) is 6.81. The molecule has 0 radical (unpaired) electrons. The van der Waals surface area contributed by atoms with Gasteiger partial charge in [0.15, 0.2) is 0 Å². The van der Waals surface area contributed by atoms with Gasteiger partial charge in [-0.05, 0) is 44.1 Å². The summed E-state index contributed by atoms with van der Waals surface area (Å²) in [6.07, 6.45) is 10.6. The molecule has 4 atom stereocenters. The fraction of sp³-hybridized carbons (Fsp3) is 0.882. The zero-order chi connectivity index (χ0) is 14.7. The average molecular weight is 291 g/mol. The van der Waals surface area contributed by atoms with Crippen LogP contribution in [-0.4, -0.2) is 16.7 Å². The monoisotopic (exact) mass is 291 g/mol. The van der Waals surface area contributed by atoms with Gasteiger partial charge in [-0.25, -0.2) is 0 Å². The van der Waals surface area contributed by atoms with Gasteiger partial charge in [-0.3, -0.25) is 0 Å². The van der Waals surface area contributed by atoms with E-state index in [1.165, 1.54) is 44.9 Å². The molecule has 1 aromatic heterocycles. The molecule has 1 N–H and O–H groups in total. The van der Waals surface area contributed by atoms with Crippen LogP contribution in [0.4, 0.5) is 0 Å². The van der Waals surface area contributed by atoms with Crippen molar-refractivity contribution in [2.75, 3.05) is 6.54 Å². The van der Waals surface area contributed by atoms with Crippen molar-refractivity contribution < 1.29 is 4.42 Å². The van der Waals surface area contributed by atoms with Crippen molar-refractivity contribution in [1.29, 1.82) is 0 Å². The highest BCUT2D eigenvalue weighted by molar-refractivity contribution is 4.99. The minimum atomic E-state index is 0.210. The molecule has 3 rings (SSSR count). The van der Waals surface area contributed by atoms with E-state index in [2.05, 4.69) is 29.4 Å². The van der Waals surface area contributed by atoms with Gasteiger partial charge in [0.25, 0.3) is 0 Å². The molecule has 0 bridgehead atoms. The molecule has 4 unspecified atom stereocenters. The molecule has 1 aromatic rings. The Bertz CT molecular complexity index is 445. The van der Waals surface area contributed by atoms with Crippen molar-refractivity contribution in [2.45, 2.75) is 77.2 Å². The van der Waals surface area contributed by atoms with Crippen LogP contribution in [0, 0.1) is 11.8 Å². The van der Waals surface area contributed by atoms with Crippen LogP contribution in [0.5, 0.6) is 0 Å². The molecule has 2 aliphatic rings. The molecule has 0 amide bonds. The highest BCUT2D eigenvalue weighted by atomic mass is 16.4. The van der Waals surface area contributed by atoms with E-state index in [9.17, 15) is 0 Å². The number of hydrogen-bond acceptors (Lipinski definition) is 4. The lowest BCUT2D eigenvalue weighted by Crippen LogP contribution is -2.27. The lowest BCUT2D eigenvalue weighted by atomic mass is 9.67. The van der Waals surface area contributed by atoms with Crippen molar-refractivity contribution in [3.63, 3.8) is 0 Å². The first-order valence-electron chi connectivity index (χ1n) is 8.88. The van der Waals surface area contributed by atoms with Crippen LogP contribution in [-0.2, 0) is 0 Å². The Balaban J connectivity index is 1.65. The lowest BCUT2D eigenvalue weighted by molar-refractivity contribution is 0.145. The molecule has 0 aromatic carbocycles. The summed E-state index contributed by atoms with van der Waals surface area (Å²) in [6, 6.07) is 0.210. The van der Waals surface area contributed by atoms with Crippen molar-refractivity contribution in [2.24, 2.45) is 11.8 Å². The maximum absolute atomic E-state index is 6.02. The molecular weight excluding hydrogens is 262 g/mol. The van der Waals surface area contributed by atoms with Crippen LogP contribution in [0.1, 0.15) is 89.0 Å². The first-order valence-corrected chi connectivity index (χ1v) is 8.88. The Hall–Kier alpha value is -0.900. The van der Waals surface area contributed by atoms with Crippen molar-refractivity contribution in [3.05, 3.63) is 11.8 Å². The van der Waals surface area contributed by atoms with Crippen molar-refractivity contribution in [1.82, 2.24) is 15.5 Å². The van der Waals surface area contributed by atoms with Crippen LogP contribution >= 0.6 is 0 Å². The average Bonchev–Trinajstić information content (AvgIpc) is 3.02. The standard InChI is InChI=1S/C17H29N3O/c1-3-15(18-4-2)17-20-19-16(21-17)14-10-9-12-7-5-6-8-13(12)11-14/h12-15,18H,3-11H2,1-2H3. The summed E-state index contributed by atoms with van der Waals surface area (Å²) in [4.78, 5) is 0. The van der Waals surface area contributed by atoms with Crippen LogP contribution in [0.3, 0.4) is 0 Å². The number of hydrogen-bond donors (Lipinski definition) is 1. The highest BCUT2D eigenvalue weighted by Gasteiger charge is 2.35. The Morgan fingerprint density at radius 3 is 2.67 bits per heavy atom. The van der Waals surface area contributed by atoms with Crippen LogP contribution in [0.25, 0.3) is 0 Å². The van der Waals surface area contributed by atoms with Gasteiger partial charge in [0, 0.05) is 5.92 Å². The Morgan fingerprint density at radius 1 is 1.10 bits per heavy atom. The number of rotatable bonds is 5. The Kier molecular flexibility index (Phi) is 4.94. The summed E-state index contributed by atoms with van der Waals surface area (Å²) in [7, 11) is 0. The quantitative estimate of drug-likeness (QED) is 0.883. The summed E-state index contributed by atoms with van der Waals surface area (Å²) in [6.45, 7) is 5.21. The third-order valence-electron chi connectivity index (χ3n) is 5.50. The largest absolute Gasteiger partial charge is 0.423 e. The SMILES string of the molecule is CCNC(CC)c1nnc(C2CCC3CCCCC3C2)o1. The maximum Gasteiger partial charge on any atom is 0.233 e. The Morgan fingerprint density at radius 2 is 1.90 bits per heavy atom. The van der Waals surface area contributed by atoms with E-state index in [4.69, 9.17) is 4.42 Å². The fourth-order valence-corrected chi connectivity index (χ4v) is 4.30. The van der Waals surface area contributed by atoms with E-state index < -0.39 is 0 Å². The summed E-state index contributed by atoms with van der Waals surface area (Å²) in [5, 5.41) is 12.1. The summed E-state index contributed by atoms with van der Waals surface area (Å²) >= 11 is 0. The molecule has 118 valence electrons. The van der Waals surface area contributed by atoms with Gasteiger partial charge in [0.05, 0.1) is 6.04 Å². The zero-order valence-corrected chi connectivity index (χ0v) is 13.5. The molecule has 0 spiro atoms. The van der Waals surface area contributed by atoms with E-state index in [1.54, 1.807) is 0 Å². The number of nitrogens with zero attached hydrogens (tertiary/aromatic N) is 2. The molecule has 0 aliphatic heterocycles. The normalized spacial score (nSPS) is 30.9. The molecule has 4 nitrogen and oxygen atoms in total. The maximum atomic E-state index is 6.02. The van der Waals surface area contributed by atoms with E-state index in [0.29, 0.717) is 5.92 Å². The third kappa shape index (κ3) is 3.31. The molecular formula is C17H29N3O. The van der Waals surface area contributed by atoms with Gasteiger partial charge >= 0.3 is 0 Å². The van der Waals surface area contributed by atoms with E-state index in [-0.39, 0.29) is 6.04 Å². The molecule has 0 saturated heterocycles. The van der Waals surface area contributed by atoms with Crippen LogP contribution in [0.15, 0.2) is 4.42 Å². The van der Waals surface area contributed by atoms with Gasteiger partial charge < -0.3 is 9.73 Å². The van der Waals surface area contributed by atoms with Crippen LogP contribution < -0.4 is 5.32 Å². The van der Waals surface area contributed by atoms with Crippen molar-refractivity contribution >= 4 is 0 Å². The van der Waals surface area contributed by atoms with Gasteiger partial charge in [0.2, 0.25) is 11.8 Å². The molecule has 4 heteroatoms. The second kappa shape index (κ2) is 6.91. The molecule has 2 fully saturated rings. The minimum Gasteiger partial charge on any atom is -0.423 e. The van der Waals surface area contributed by atoms with Crippen molar-refractivity contribution in [3.8, 4) is 0 Å². The molecule has 21 heavy (non-hydrogen) atoms. The molecule has 2 aliphatic carbocycles. The first kappa shape index (κ1) is 15.0. The van der Waals surface area contributed by atoms with Gasteiger partial charge in [-0.15, -0.1) is 10.2 Å². The highest BCUT2D eigenvalue weighted by Crippen LogP contribution is 2.45. The van der Waals surface area contributed by atoms with E-state index in [1.807, 2.05) is 0 Å². The minimum absolute atomic E-state index is 0.210. The van der Waals surface area contributed by atoms with Gasteiger partial charge in [-0.1, -0.05) is 39.5 Å². The molecule has 1 heterocycles. The topological polar surface area (TPSA) is 51.0 Å². The lowest BCUT2D eigenvalue weighted by Gasteiger charge is -2.38. The predicted molar refractivity (Wildman–Crippen MR) is 83.0 cm³/mol.